The maximum atomic E-state index is 9.21. The van der Waals surface area contributed by atoms with Crippen molar-refractivity contribution < 1.29 is 5.11 Å². The van der Waals surface area contributed by atoms with Gasteiger partial charge in [0.15, 0.2) is 0 Å². The van der Waals surface area contributed by atoms with Gasteiger partial charge < -0.3 is 15.0 Å². The molecule has 0 fully saturated rings. The molecule has 0 aliphatic rings. The Hall–Kier alpha value is -1.39. The quantitative estimate of drug-likeness (QED) is 0.793. The first-order valence-electron chi connectivity index (χ1n) is 6.09. The summed E-state index contributed by atoms with van der Waals surface area (Å²) in [4.78, 5) is 4.35. The van der Waals surface area contributed by atoms with Crippen molar-refractivity contribution in [3.05, 3.63) is 30.6 Å². The van der Waals surface area contributed by atoms with E-state index in [-0.39, 0.29) is 12.6 Å². The van der Waals surface area contributed by atoms with E-state index in [0.717, 1.165) is 30.5 Å². The zero-order valence-electron chi connectivity index (χ0n) is 10.1. The fourth-order valence-corrected chi connectivity index (χ4v) is 2.03. The van der Waals surface area contributed by atoms with Crippen molar-refractivity contribution in [1.29, 1.82) is 0 Å². The van der Waals surface area contributed by atoms with Gasteiger partial charge in [-0.2, -0.15) is 0 Å². The van der Waals surface area contributed by atoms with E-state index in [4.69, 9.17) is 0 Å². The van der Waals surface area contributed by atoms with Gasteiger partial charge in [0.1, 0.15) is 0 Å². The third-order valence-electron chi connectivity index (χ3n) is 2.96. The van der Waals surface area contributed by atoms with E-state index in [1.54, 1.807) is 0 Å². The first kappa shape index (κ1) is 12.1. The van der Waals surface area contributed by atoms with E-state index in [1.165, 1.54) is 0 Å². The number of para-hydroxylation sites is 2. The molecule has 4 nitrogen and oxygen atoms in total. The Kier molecular flexibility index (Phi) is 4.12. The van der Waals surface area contributed by atoms with Gasteiger partial charge >= 0.3 is 0 Å². The Morgan fingerprint density at radius 1 is 1.41 bits per heavy atom. The van der Waals surface area contributed by atoms with Crippen molar-refractivity contribution in [3.63, 3.8) is 0 Å². The number of imidazole rings is 1. The first-order valence-corrected chi connectivity index (χ1v) is 6.09. The van der Waals surface area contributed by atoms with Crippen LogP contribution in [0.25, 0.3) is 11.0 Å². The van der Waals surface area contributed by atoms with Crippen molar-refractivity contribution in [1.82, 2.24) is 14.9 Å². The highest BCUT2D eigenvalue weighted by Gasteiger charge is 2.07. The second-order valence-electron chi connectivity index (χ2n) is 4.15. The van der Waals surface area contributed by atoms with Crippen LogP contribution in [0, 0.1) is 0 Å². The second-order valence-corrected chi connectivity index (χ2v) is 4.15. The molecule has 2 rings (SSSR count). The predicted octanol–water partition coefficient (Wildman–Crippen LogP) is 1.40. The average molecular weight is 233 g/mol. The van der Waals surface area contributed by atoms with Crippen LogP contribution in [0.2, 0.25) is 0 Å². The van der Waals surface area contributed by atoms with Crippen LogP contribution < -0.4 is 5.32 Å². The van der Waals surface area contributed by atoms with Gasteiger partial charge in [0.2, 0.25) is 0 Å². The van der Waals surface area contributed by atoms with Gasteiger partial charge in [-0.15, -0.1) is 0 Å². The molecule has 0 spiro atoms. The Morgan fingerprint density at radius 2 is 2.24 bits per heavy atom. The van der Waals surface area contributed by atoms with Gasteiger partial charge in [-0.1, -0.05) is 19.1 Å². The molecule has 17 heavy (non-hydrogen) atoms. The Bertz CT molecular complexity index is 466. The topological polar surface area (TPSA) is 50.1 Å². The van der Waals surface area contributed by atoms with Crippen molar-refractivity contribution in [2.24, 2.45) is 0 Å². The minimum atomic E-state index is 0.168. The number of fused-ring (bicyclic) bond motifs is 1. The maximum Gasteiger partial charge on any atom is 0.0958 e. The first-order chi connectivity index (χ1) is 8.35. The molecule has 0 amide bonds. The Balaban J connectivity index is 2.03. The summed E-state index contributed by atoms with van der Waals surface area (Å²) in [7, 11) is 0. The number of hydrogen-bond donors (Lipinski definition) is 2. The second kappa shape index (κ2) is 5.80. The molecule has 0 aliphatic carbocycles. The van der Waals surface area contributed by atoms with Gasteiger partial charge in [-0.3, -0.25) is 0 Å². The number of likely N-dealkylation sites (N-methyl/N-ethyl adjacent to an activating group) is 1. The highest BCUT2D eigenvalue weighted by molar-refractivity contribution is 5.74. The highest BCUT2D eigenvalue weighted by Crippen LogP contribution is 2.12. The van der Waals surface area contributed by atoms with Gasteiger partial charge in [0.25, 0.3) is 0 Å². The van der Waals surface area contributed by atoms with Gasteiger partial charge in [0.05, 0.1) is 24.0 Å². The summed E-state index contributed by atoms with van der Waals surface area (Å²) in [5.74, 6) is 0. The van der Waals surface area contributed by atoms with Crippen LogP contribution in [0.4, 0.5) is 0 Å². The monoisotopic (exact) mass is 233 g/mol. The molecule has 0 saturated carbocycles. The number of nitrogens with zero attached hydrogens (tertiary/aromatic N) is 2. The third kappa shape index (κ3) is 2.84. The lowest BCUT2D eigenvalue weighted by molar-refractivity contribution is 0.233. The number of rotatable bonds is 6. The lowest BCUT2D eigenvalue weighted by Gasteiger charge is -2.15. The number of aliphatic hydroxyl groups excluding tert-OH is 1. The summed E-state index contributed by atoms with van der Waals surface area (Å²) in [6, 6.07) is 8.27. The van der Waals surface area contributed by atoms with Gasteiger partial charge in [0, 0.05) is 12.6 Å². The molecular formula is C13H19N3O. The fourth-order valence-electron chi connectivity index (χ4n) is 2.03. The zero-order chi connectivity index (χ0) is 12.1. The molecule has 2 N–H and O–H groups in total. The molecule has 1 aromatic heterocycles. The van der Waals surface area contributed by atoms with Crippen LogP contribution in [-0.2, 0) is 6.54 Å². The van der Waals surface area contributed by atoms with E-state index in [2.05, 4.69) is 27.9 Å². The largest absolute Gasteiger partial charge is 0.395 e. The number of nitrogens with one attached hydrogen (secondary N) is 1. The van der Waals surface area contributed by atoms with Crippen LogP contribution in [0.3, 0.4) is 0 Å². The third-order valence-corrected chi connectivity index (χ3v) is 2.96. The van der Waals surface area contributed by atoms with E-state index in [1.807, 2.05) is 24.5 Å². The maximum absolute atomic E-state index is 9.21. The van der Waals surface area contributed by atoms with Crippen molar-refractivity contribution >= 4 is 11.0 Å². The summed E-state index contributed by atoms with van der Waals surface area (Å²) >= 11 is 0. The summed E-state index contributed by atoms with van der Waals surface area (Å²) in [5, 5.41) is 12.5. The van der Waals surface area contributed by atoms with Crippen LogP contribution in [-0.4, -0.2) is 33.9 Å². The molecule has 0 aliphatic heterocycles. The Labute approximate surface area is 101 Å². The summed E-state index contributed by atoms with van der Waals surface area (Å²) in [5.41, 5.74) is 2.18. The molecule has 1 atom stereocenters. The number of aliphatic hydroxyl groups is 1. The number of hydrogen-bond acceptors (Lipinski definition) is 3. The molecule has 1 unspecified atom stereocenters. The van der Waals surface area contributed by atoms with E-state index >= 15 is 0 Å². The summed E-state index contributed by atoms with van der Waals surface area (Å²) < 4.78 is 2.13. The van der Waals surface area contributed by atoms with Crippen molar-refractivity contribution in [3.8, 4) is 0 Å². The molecule has 1 aromatic carbocycles. The Morgan fingerprint density at radius 3 is 3.00 bits per heavy atom. The SMILES string of the molecule is CCNC(CO)CCn1cnc2ccccc21. The van der Waals surface area contributed by atoms with E-state index in [0.29, 0.717) is 0 Å². The van der Waals surface area contributed by atoms with Gasteiger partial charge in [-0.25, -0.2) is 4.98 Å². The molecule has 2 aromatic rings. The lowest BCUT2D eigenvalue weighted by Crippen LogP contribution is -2.33. The van der Waals surface area contributed by atoms with Crippen LogP contribution in [0.5, 0.6) is 0 Å². The van der Waals surface area contributed by atoms with Crippen LogP contribution >= 0.6 is 0 Å². The molecule has 0 bridgehead atoms. The average Bonchev–Trinajstić information content (AvgIpc) is 2.78. The molecule has 0 radical (unpaired) electrons. The molecule has 92 valence electrons. The molecule has 0 saturated heterocycles. The number of benzene rings is 1. The standard InChI is InChI=1S/C13H19N3O/c1-2-14-11(9-17)7-8-16-10-15-12-5-3-4-6-13(12)16/h3-6,10-11,14,17H,2,7-9H2,1H3. The lowest BCUT2D eigenvalue weighted by atomic mass is 10.2. The highest BCUT2D eigenvalue weighted by atomic mass is 16.3. The number of aryl methyl sites for hydroxylation is 1. The van der Waals surface area contributed by atoms with Crippen LogP contribution in [0.15, 0.2) is 30.6 Å². The smallest absolute Gasteiger partial charge is 0.0958 e. The van der Waals surface area contributed by atoms with Gasteiger partial charge in [-0.05, 0) is 25.1 Å². The summed E-state index contributed by atoms with van der Waals surface area (Å²) in [6.07, 6.45) is 2.77. The normalized spacial score (nSPS) is 13.1. The predicted molar refractivity (Wildman–Crippen MR) is 68.9 cm³/mol. The minimum Gasteiger partial charge on any atom is -0.395 e. The number of aromatic nitrogens is 2. The van der Waals surface area contributed by atoms with Crippen molar-refractivity contribution in [2.75, 3.05) is 13.2 Å². The van der Waals surface area contributed by atoms with Crippen molar-refractivity contribution in [2.45, 2.75) is 25.9 Å². The molecule has 4 heteroatoms. The van der Waals surface area contributed by atoms with Crippen LogP contribution in [0.1, 0.15) is 13.3 Å². The van der Waals surface area contributed by atoms with E-state index in [9.17, 15) is 5.11 Å². The fraction of sp³-hybridized carbons (Fsp3) is 0.462. The minimum absolute atomic E-state index is 0.168. The molecular weight excluding hydrogens is 214 g/mol. The van der Waals surface area contributed by atoms with E-state index < -0.39 is 0 Å². The summed E-state index contributed by atoms with van der Waals surface area (Å²) in [6.45, 7) is 3.99. The zero-order valence-corrected chi connectivity index (χ0v) is 10.1. The molecule has 1 heterocycles.